The molecule has 0 aliphatic carbocycles. The highest BCUT2D eigenvalue weighted by atomic mass is 15.2. The van der Waals surface area contributed by atoms with Gasteiger partial charge in [-0.3, -0.25) is 5.10 Å². The van der Waals surface area contributed by atoms with Crippen molar-refractivity contribution in [2.75, 3.05) is 12.3 Å². The number of nitrogen functional groups attached to an aromatic ring is 1. The number of H-pyrrole nitrogens is 1. The van der Waals surface area contributed by atoms with Crippen molar-refractivity contribution >= 4 is 5.82 Å². The van der Waals surface area contributed by atoms with Gasteiger partial charge in [0.25, 0.3) is 0 Å². The topological polar surface area (TPSA) is 92.8 Å². The Morgan fingerprint density at radius 2 is 2.36 bits per heavy atom. The lowest BCUT2D eigenvalue weighted by Gasteiger charge is -2.19. The van der Waals surface area contributed by atoms with E-state index < -0.39 is 0 Å². The van der Waals surface area contributed by atoms with E-state index in [-0.39, 0.29) is 6.04 Å². The molecule has 0 radical (unpaired) electrons. The Morgan fingerprint density at radius 3 is 2.86 bits per heavy atom. The van der Waals surface area contributed by atoms with Crippen LogP contribution in [0.3, 0.4) is 0 Å². The minimum atomic E-state index is -0.0451. The number of aromatic amines is 1. The fourth-order valence-electron chi connectivity index (χ4n) is 2.10. The number of nitrogens with two attached hydrogens (primary N) is 2. The van der Waals surface area contributed by atoms with Crippen LogP contribution in [0.2, 0.25) is 0 Å². The number of hydrogen-bond donors (Lipinski definition) is 4. The van der Waals surface area contributed by atoms with Gasteiger partial charge in [0, 0.05) is 17.3 Å². The van der Waals surface area contributed by atoms with E-state index in [9.17, 15) is 0 Å². The van der Waals surface area contributed by atoms with Crippen molar-refractivity contribution in [1.82, 2.24) is 15.5 Å². The van der Waals surface area contributed by atoms with Crippen molar-refractivity contribution < 1.29 is 0 Å². The van der Waals surface area contributed by atoms with Gasteiger partial charge in [-0.25, -0.2) is 0 Å². The highest BCUT2D eigenvalue weighted by molar-refractivity contribution is 5.44. The minimum absolute atomic E-state index is 0.0451. The second-order valence-corrected chi connectivity index (χ2v) is 3.88. The molecule has 0 spiro atoms. The van der Waals surface area contributed by atoms with Crippen LogP contribution in [0.15, 0.2) is 0 Å². The van der Waals surface area contributed by atoms with Gasteiger partial charge in [0.15, 0.2) is 0 Å². The van der Waals surface area contributed by atoms with Crippen molar-refractivity contribution in [3.05, 3.63) is 11.3 Å². The molecule has 6 N–H and O–H groups in total. The summed E-state index contributed by atoms with van der Waals surface area (Å²) in [6, 6.07) is 0.296. The van der Waals surface area contributed by atoms with Gasteiger partial charge >= 0.3 is 0 Å². The van der Waals surface area contributed by atoms with E-state index in [1.807, 2.05) is 6.92 Å². The standard InChI is InChI=1S/C9H17N5/c1-5-7(9(11)14-13-5)8(10)6-3-2-4-12-6/h6,8,12H,2-4,10H2,1H3,(H3,11,13,14)/t6-,8-/m1/s1. The number of rotatable bonds is 2. The summed E-state index contributed by atoms with van der Waals surface area (Å²) in [5.74, 6) is 0.531. The van der Waals surface area contributed by atoms with Gasteiger partial charge in [0.05, 0.1) is 6.04 Å². The maximum atomic E-state index is 6.14. The molecule has 0 saturated carbocycles. The van der Waals surface area contributed by atoms with Crippen molar-refractivity contribution in [2.24, 2.45) is 5.73 Å². The summed E-state index contributed by atoms with van der Waals surface area (Å²) in [4.78, 5) is 0. The number of nitrogens with zero attached hydrogens (tertiary/aromatic N) is 1. The molecule has 0 bridgehead atoms. The smallest absolute Gasteiger partial charge is 0.150 e. The van der Waals surface area contributed by atoms with E-state index in [0.29, 0.717) is 11.9 Å². The van der Waals surface area contributed by atoms with Gasteiger partial charge in [0.2, 0.25) is 0 Å². The SMILES string of the molecule is Cc1[nH]nc(N)c1[C@H](N)[C@H]1CCCN1. The normalized spacial score (nSPS) is 24.0. The molecular formula is C9H17N5. The molecule has 78 valence electrons. The molecular weight excluding hydrogens is 178 g/mol. The molecule has 1 aliphatic heterocycles. The van der Waals surface area contributed by atoms with Crippen LogP contribution in [0.25, 0.3) is 0 Å². The van der Waals surface area contributed by atoms with Gasteiger partial charge in [-0.15, -0.1) is 0 Å². The Balaban J connectivity index is 2.21. The molecule has 1 saturated heterocycles. The first-order valence-electron chi connectivity index (χ1n) is 4.99. The highest BCUT2D eigenvalue weighted by Gasteiger charge is 2.26. The van der Waals surface area contributed by atoms with Crippen LogP contribution in [-0.4, -0.2) is 22.8 Å². The zero-order chi connectivity index (χ0) is 10.1. The van der Waals surface area contributed by atoms with E-state index >= 15 is 0 Å². The van der Waals surface area contributed by atoms with E-state index in [0.717, 1.165) is 24.2 Å². The van der Waals surface area contributed by atoms with Crippen LogP contribution in [0.4, 0.5) is 5.82 Å². The average Bonchev–Trinajstić information content (AvgIpc) is 2.75. The molecule has 0 unspecified atom stereocenters. The third kappa shape index (κ3) is 1.49. The van der Waals surface area contributed by atoms with Gasteiger partial charge < -0.3 is 16.8 Å². The second-order valence-electron chi connectivity index (χ2n) is 3.88. The Kier molecular flexibility index (Phi) is 2.43. The first kappa shape index (κ1) is 9.48. The average molecular weight is 195 g/mol. The number of anilines is 1. The van der Waals surface area contributed by atoms with Gasteiger partial charge in [0.1, 0.15) is 5.82 Å². The van der Waals surface area contributed by atoms with Crippen LogP contribution in [0.1, 0.15) is 30.1 Å². The van der Waals surface area contributed by atoms with Crippen LogP contribution < -0.4 is 16.8 Å². The summed E-state index contributed by atoms with van der Waals surface area (Å²) in [5, 5.41) is 10.2. The van der Waals surface area contributed by atoms with Gasteiger partial charge in [-0.05, 0) is 26.3 Å². The quantitative estimate of drug-likeness (QED) is 0.536. The molecule has 2 rings (SSSR count). The molecule has 1 aromatic heterocycles. The first-order chi connectivity index (χ1) is 6.70. The molecule has 1 fully saturated rings. The van der Waals surface area contributed by atoms with Crippen LogP contribution in [0, 0.1) is 6.92 Å². The van der Waals surface area contributed by atoms with Crippen molar-refractivity contribution in [3.8, 4) is 0 Å². The Labute approximate surface area is 83.2 Å². The molecule has 5 nitrogen and oxygen atoms in total. The maximum absolute atomic E-state index is 6.14. The highest BCUT2D eigenvalue weighted by Crippen LogP contribution is 2.26. The summed E-state index contributed by atoms with van der Waals surface area (Å²) < 4.78 is 0. The molecule has 1 aromatic rings. The first-order valence-corrected chi connectivity index (χ1v) is 4.99. The summed E-state index contributed by atoms with van der Waals surface area (Å²) in [5.41, 5.74) is 13.8. The third-order valence-corrected chi connectivity index (χ3v) is 2.89. The zero-order valence-electron chi connectivity index (χ0n) is 8.38. The van der Waals surface area contributed by atoms with Crippen LogP contribution >= 0.6 is 0 Å². The van der Waals surface area contributed by atoms with Crippen molar-refractivity contribution in [1.29, 1.82) is 0 Å². The Hall–Kier alpha value is -1.07. The second kappa shape index (κ2) is 3.59. The number of aryl methyl sites for hydroxylation is 1. The lowest BCUT2D eigenvalue weighted by atomic mass is 9.99. The summed E-state index contributed by atoms with van der Waals surface area (Å²) in [6.07, 6.45) is 2.31. The molecule has 1 aliphatic rings. The van der Waals surface area contributed by atoms with Gasteiger partial charge in [-0.2, -0.15) is 5.10 Å². The summed E-state index contributed by atoms with van der Waals surface area (Å²) in [6.45, 7) is 3.00. The third-order valence-electron chi connectivity index (χ3n) is 2.89. The maximum Gasteiger partial charge on any atom is 0.150 e. The van der Waals surface area contributed by atoms with Crippen LogP contribution in [0.5, 0.6) is 0 Å². The molecule has 0 amide bonds. The number of hydrogen-bond acceptors (Lipinski definition) is 4. The molecule has 14 heavy (non-hydrogen) atoms. The lowest BCUT2D eigenvalue weighted by molar-refractivity contribution is 0.500. The molecule has 2 heterocycles. The van der Waals surface area contributed by atoms with Crippen molar-refractivity contribution in [3.63, 3.8) is 0 Å². The zero-order valence-corrected chi connectivity index (χ0v) is 8.38. The molecule has 0 aromatic carbocycles. The fourth-order valence-corrected chi connectivity index (χ4v) is 2.10. The largest absolute Gasteiger partial charge is 0.382 e. The molecule has 2 atom stereocenters. The summed E-state index contributed by atoms with van der Waals surface area (Å²) in [7, 11) is 0. The molecule has 5 heteroatoms. The van der Waals surface area contributed by atoms with Gasteiger partial charge in [-0.1, -0.05) is 0 Å². The van der Waals surface area contributed by atoms with E-state index in [1.165, 1.54) is 6.42 Å². The monoisotopic (exact) mass is 195 g/mol. The predicted octanol–water partition coefficient (Wildman–Crippen LogP) is 0.0521. The minimum Gasteiger partial charge on any atom is -0.382 e. The lowest BCUT2D eigenvalue weighted by Crippen LogP contribution is -2.34. The predicted molar refractivity (Wildman–Crippen MR) is 55.7 cm³/mol. The van der Waals surface area contributed by atoms with Crippen molar-refractivity contribution in [2.45, 2.75) is 31.8 Å². The number of aromatic nitrogens is 2. The van der Waals surface area contributed by atoms with E-state index in [1.54, 1.807) is 0 Å². The van der Waals surface area contributed by atoms with E-state index in [2.05, 4.69) is 15.5 Å². The fraction of sp³-hybridized carbons (Fsp3) is 0.667. The Morgan fingerprint density at radius 1 is 1.57 bits per heavy atom. The number of nitrogens with one attached hydrogen (secondary N) is 2. The van der Waals surface area contributed by atoms with E-state index in [4.69, 9.17) is 11.5 Å². The van der Waals surface area contributed by atoms with Crippen LogP contribution in [-0.2, 0) is 0 Å². The summed E-state index contributed by atoms with van der Waals surface area (Å²) >= 11 is 0. The Bertz CT molecular complexity index is 294.